The van der Waals surface area contributed by atoms with Crippen LogP contribution in [0.25, 0.3) is 0 Å². The third-order valence-electron chi connectivity index (χ3n) is 3.04. The minimum atomic E-state index is -0.0727. The van der Waals surface area contributed by atoms with Gasteiger partial charge >= 0.3 is 0 Å². The molecule has 2 atom stereocenters. The summed E-state index contributed by atoms with van der Waals surface area (Å²) in [6.45, 7) is 0.123. The fraction of sp³-hybridized carbons (Fsp3) is 0.333. The molecule has 1 saturated carbocycles. The Labute approximate surface area is 104 Å². The topological polar surface area (TPSA) is 72.7 Å². The molecule has 6 nitrogen and oxygen atoms in total. The minimum absolute atomic E-state index is 0.0727. The molecule has 0 unspecified atom stereocenters. The molecular formula is C12H13N5O. The van der Waals surface area contributed by atoms with Crippen LogP contribution in [0.5, 0.6) is 0 Å². The Bertz CT molecular complexity index is 525. The van der Waals surface area contributed by atoms with Gasteiger partial charge in [-0.2, -0.15) is 4.80 Å². The summed E-state index contributed by atoms with van der Waals surface area (Å²) in [7, 11) is 0. The van der Waals surface area contributed by atoms with Gasteiger partial charge in [-0.25, -0.2) is 0 Å². The zero-order valence-corrected chi connectivity index (χ0v) is 9.73. The van der Waals surface area contributed by atoms with Gasteiger partial charge in [0.05, 0.1) is 0 Å². The van der Waals surface area contributed by atoms with Crippen LogP contribution in [0.4, 0.5) is 0 Å². The quantitative estimate of drug-likeness (QED) is 0.840. The van der Waals surface area contributed by atoms with E-state index in [4.69, 9.17) is 0 Å². The molecule has 1 aliphatic carbocycles. The first-order valence-corrected chi connectivity index (χ1v) is 5.88. The van der Waals surface area contributed by atoms with E-state index in [9.17, 15) is 4.79 Å². The maximum absolute atomic E-state index is 11.7. The number of carbonyl (C=O) groups is 1. The Balaban J connectivity index is 1.52. The number of carbonyl (C=O) groups excluding carboxylic acids is 1. The predicted molar refractivity (Wildman–Crippen MR) is 63.5 cm³/mol. The van der Waals surface area contributed by atoms with Gasteiger partial charge in [-0.15, -0.1) is 10.2 Å². The lowest BCUT2D eigenvalue weighted by Crippen LogP contribution is -2.31. The lowest BCUT2D eigenvalue weighted by atomic mass is 10.1. The fourth-order valence-electron chi connectivity index (χ4n) is 2.06. The van der Waals surface area contributed by atoms with Crippen LogP contribution in [0.2, 0.25) is 0 Å². The SMILES string of the molecule is O=C(Cn1ncnn1)N[C@@H]1C[C@H]1c1ccccc1. The van der Waals surface area contributed by atoms with Crippen molar-refractivity contribution in [2.45, 2.75) is 24.9 Å². The van der Waals surface area contributed by atoms with Crippen molar-refractivity contribution in [1.29, 1.82) is 0 Å². The highest BCUT2D eigenvalue weighted by molar-refractivity contribution is 5.76. The summed E-state index contributed by atoms with van der Waals surface area (Å²) < 4.78 is 0. The molecule has 2 aromatic rings. The van der Waals surface area contributed by atoms with E-state index in [0.717, 1.165) is 6.42 Å². The lowest BCUT2D eigenvalue weighted by Gasteiger charge is -2.03. The van der Waals surface area contributed by atoms with E-state index in [1.165, 1.54) is 16.7 Å². The summed E-state index contributed by atoms with van der Waals surface area (Å²) in [5.74, 6) is 0.371. The zero-order chi connectivity index (χ0) is 12.4. The second kappa shape index (κ2) is 4.56. The van der Waals surface area contributed by atoms with Gasteiger partial charge in [0.1, 0.15) is 6.54 Å². The van der Waals surface area contributed by atoms with Crippen LogP contribution < -0.4 is 5.32 Å². The second-order valence-electron chi connectivity index (χ2n) is 4.39. The van der Waals surface area contributed by atoms with Crippen molar-refractivity contribution in [3.8, 4) is 0 Å². The molecule has 0 radical (unpaired) electrons. The molecule has 0 bridgehead atoms. The largest absolute Gasteiger partial charge is 0.351 e. The van der Waals surface area contributed by atoms with Crippen LogP contribution in [-0.4, -0.2) is 32.2 Å². The molecular weight excluding hydrogens is 230 g/mol. The molecule has 0 aliphatic heterocycles. The van der Waals surface area contributed by atoms with E-state index in [0.29, 0.717) is 5.92 Å². The average Bonchev–Trinajstić information content (AvgIpc) is 2.95. The summed E-state index contributed by atoms with van der Waals surface area (Å²) in [6.07, 6.45) is 2.32. The number of hydrogen-bond donors (Lipinski definition) is 1. The van der Waals surface area contributed by atoms with Crippen molar-refractivity contribution in [2.75, 3.05) is 0 Å². The lowest BCUT2D eigenvalue weighted by molar-refractivity contribution is -0.122. The maximum Gasteiger partial charge on any atom is 0.243 e. The van der Waals surface area contributed by atoms with Crippen molar-refractivity contribution in [3.05, 3.63) is 42.2 Å². The summed E-state index contributed by atoms with van der Waals surface area (Å²) in [5.41, 5.74) is 1.28. The van der Waals surface area contributed by atoms with E-state index in [1.807, 2.05) is 18.2 Å². The van der Waals surface area contributed by atoms with Gasteiger partial charge in [0.15, 0.2) is 6.33 Å². The number of tetrazole rings is 1. The Morgan fingerprint density at radius 3 is 2.94 bits per heavy atom. The molecule has 6 heteroatoms. The van der Waals surface area contributed by atoms with Crippen molar-refractivity contribution in [2.24, 2.45) is 0 Å². The normalized spacial score (nSPS) is 21.6. The number of hydrogen-bond acceptors (Lipinski definition) is 4. The Morgan fingerprint density at radius 1 is 1.39 bits per heavy atom. The van der Waals surface area contributed by atoms with E-state index >= 15 is 0 Å². The molecule has 3 rings (SSSR count). The van der Waals surface area contributed by atoms with Crippen LogP contribution in [0, 0.1) is 0 Å². The molecule has 1 amide bonds. The molecule has 18 heavy (non-hydrogen) atoms. The highest BCUT2D eigenvalue weighted by atomic mass is 16.2. The molecule has 1 aromatic heterocycles. The molecule has 1 N–H and O–H groups in total. The van der Waals surface area contributed by atoms with Gasteiger partial charge < -0.3 is 5.32 Å². The van der Waals surface area contributed by atoms with Crippen molar-refractivity contribution in [3.63, 3.8) is 0 Å². The first-order valence-electron chi connectivity index (χ1n) is 5.88. The number of nitrogens with one attached hydrogen (secondary N) is 1. The van der Waals surface area contributed by atoms with Gasteiger partial charge in [-0.3, -0.25) is 4.79 Å². The van der Waals surface area contributed by atoms with Crippen molar-refractivity contribution >= 4 is 5.91 Å². The van der Waals surface area contributed by atoms with Gasteiger partial charge in [-0.05, 0) is 17.2 Å². The number of rotatable bonds is 4. The van der Waals surface area contributed by atoms with Gasteiger partial charge in [0.25, 0.3) is 0 Å². The van der Waals surface area contributed by atoms with Crippen LogP contribution in [-0.2, 0) is 11.3 Å². The first kappa shape index (κ1) is 10.9. The van der Waals surface area contributed by atoms with Crippen LogP contribution in [0.15, 0.2) is 36.7 Å². The van der Waals surface area contributed by atoms with Gasteiger partial charge in [0, 0.05) is 12.0 Å². The van der Waals surface area contributed by atoms with Gasteiger partial charge in [0.2, 0.25) is 5.91 Å². The molecule has 0 saturated heterocycles. The summed E-state index contributed by atoms with van der Waals surface area (Å²) >= 11 is 0. The number of nitrogens with zero attached hydrogens (tertiary/aromatic N) is 4. The van der Waals surface area contributed by atoms with Crippen molar-refractivity contribution in [1.82, 2.24) is 25.5 Å². The second-order valence-corrected chi connectivity index (χ2v) is 4.39. The average molecular weight is 243 g/mol. The molecule has 92 valence electrons. The Hall–Kier alpha value is -2.24. The third-order valence-corrected chi connectivity index (χ3v) is 3.04. The van der Waals surface area contributed by atoms with Crippen LogP contribution in [0.1, 0.15) is 17.9 Å². The monoisotopic (exact) mass is 243 g/mol. The molecule has 1 heterocycles. The van der Waals surface area contributed by atoms with E-state index < -0.39 is 0 Å². The Kier molecular flexibility index (Phi) is 2.76. The predicted octanol–water partition coefficient (Wildman–Crippen LogP) is 0.345. The van der Waals surface area contributed by atoms with E-state index in [1.54, 1.807) is 0 Å². The molecule has 1 fully saturated rings. The molecule has 1 aromatic carbocycles. The van der Waals surface area contributed by atoms with E-state index in [-0.39, 0.29) is 18.5 Å². The first-order chi connectivity index (χ1) is 8.83. The maximum atomic E-state index is 11.7. The van der Waals surface area contributed by atoms with Crippen LogP contribution in [0.3, 0.4) is 0 Å². The standard InChI is InChI=1S/C12H13N5O/c18-12(7-17-14-8-13-16-17)15-11-6-10(11)9-4-2-1-3-5-9/h1-5,8,10-11H,6-7H2,(H,15,18)/t10-,11+/m0/s1. The molecule has 0 spiro atoms. The van der Waals surface area contributed by atoms with Crippen LogP contribution >= 0.6 is 0 Å². The van der Waals surface area contributed by atoms with Crippen molar-refractivity contribution < 1.29 is 4.79 Å². The third kappa shape index (κ3) is 2.37. The van der Waals surface area contributed by atoms with Gasteiger partial charge in [-0.1, -0.05) is 30.3 Å². The number of aromatic nitrogens is 4. The number of amides is 1. The van der Waals surface area contributed by atoms with E-state index in [2.05, 4.69) is 32.9 Å². The molecule has 1 aliphatic rings. The smallest absolute Gasteiger partial charge is 0.243 e. The summed E-state index contributed by atoms with van der Waals surface area (Å²) in [4.78, 5) is 13.0. The summed E-state index contributed by atoms with van der Waals surface area (Å²) in [5, 5.41) is 14.0. The number of benzene rings is 1. The summed E-state index contributed by atoms with van der Waals surface area (Å²) in [6, 6.07) is 10.5. The zero-order valence-electron chi connectivity index (χ0n) is 9.73. The minimum Gasteiger partial charge on any atom is -0.351 e. The Morgan fingerprint density at radius 2 is 2.22 bits per heavy atom. The highest BCUT2D eigenvalue weighted by Crippen LogP contribution is 2.40. The fourth-order valence-corrected chi connectivity index (χ4v) is 2.06. The highest BCUT2D eigenvalue weighted by Gasteiger charge is 2.39.